The average molecular weight is 318 g/mol. The highest BCUT2D eigenvalue weighted by molar-refractivity contribution is 5.95. The number of anilines is 1. The van der Waals surface area contributed by atoms with Crippen molar-refractivity contribution in [1.29, 1.82) is 0 Å². The molecule has 1 aliphatic rings. The van der Waals surface area contributed by atoms with Crippen LogP contribution in [0.1, 0.15) is 16.9 Å². The van der Waals surface area contributed by atoms with Gasteiger partial charge in [-0.2, -0.15) is 0 Å². The van der Waals surface area contributed by atoms with E-state index < -0.39 is 0 Å². The number of amides is 1. The largest absolute Gasteiger partial charge is 0.354 e. The van der Waals surface area contributed by atoms with Crippen molar-refractivity contribution in [2.45, 2.75) is 12.5 Å². The maximum atomic E-state index is 12.5. The van der Waals surface area contributed by atoms with Crippen molar-refractivity contribution in [3.63, 3.8) is 0 Å². The van der Waals surface area contributed by atoms with Gasteiger partial charge in [-0.05, 0) is 30.7 Å². The first-order valence-electron chi connectivity index (χ1n) is 8.12. The highest BCUT2D eigenvalue weighted by Gasteiger charge is 2.25. The lowest BCUT2D eigenvalue weighted by atomic mass is 10.2. The van der Waals surface area contributed by atoms with Gasteiger partial charge in [-0.1, -0.05) is 30.3 Å². The molecule has 0 saturated carbocycles. The first-order valence-corrected chi connectivity index (χ1v) is 8.12. The molecule has 0 spiro atoms. The minimum Gasteiger partial charge on any atom is -0.354 e. The maximum Gasteiger partial charge on any atom is 0.270 e. The topological polar surface area (TPSA) is 58.1 Å². The van der Waals surface area contributed by atoms with Crippen LogP contribution in [0.2, 0.25) is 0 Å². The number of nitrogens with zero attached hydrogens (tertiary/aromatic N) is 3. The quantitative estimate of drug-likeness (QED) is 0.806. The maximum absolute atomic E-state index is 12.5. The second-order valence-electron chi connectivity index (χ2n) is 5.98. The van der Waals surface area contributed by atoms with Crippen LogP contribution in [0.3, 0.4) is 0 Å². The van der Waals surface area contributed by atoms with Crippen molar-refractivity contribution in [1.82, 2.24) is 15.3 Å². The normalized spacial score (nSPS) is 17.2. The molecule has 1 atom stereocenters. The second-order valence-corrected chi connectivity index (χ2v) is 5.98. The standard InChI is InChI=1S/C19H18N4O/c24-19(17-9-8-14-5-1-2-6-16(14)22-17)21-15-10-12-23(13-15)18-7-3-4-11-20-18/h1-9,11,15H,10,12-13H2,(H,21,24). The van der Waals surface area contributed by atoms with Gasteiger partial charge in [0.15, 0.2) is 0 Å². The number of rotatable bonds is 3. The molecule has 1 unspecified atom stereocenters. The van der Waals surface area contributed by atoms with Crippen molar-refractivity contribution in [3.05, 3.63) is 66.5 Å². The molecule has 24 heavy (non-hydrogen) atoms. The van der Waals surface area contributed by atoms with Crippen molar-refractivity contribution >= 4 is 22.6 Å². The highest BCUT2D eigenvalue weighted by Crippen LogP contribution is 2.18. The zero-order valence-corrected chi connectivity index (χ0v) is 13.2. The van der Waals surface area contributed by atoms with E-state index in [-0.39, 0.29) is 11.9 Å². The molecule has 5 heteroatoms. The molecule has 4 rings (SSSR count). The van der Waals surface area contributed by atoms with Gasteiger partial charge in [0.05, 0.1) is 5.52 Å². The van der Waals surface area contributed by atoms with Gasteiger partial charge in [0.2, 0.25) is 0 Å². The molecule has 1 aliphatic heterocycles. The Bertz CT molecular complexity index is 865. The summed E-state index contributed by atoms with van der Waals surface area (Å²) in [7, 11) is 0. The van der Waals surface area contributed by atoms with Crippen LogP contribution < -0.4 is 10.2 Å². The lowest BCUT2D eigenvalue weighted by Gasteiger charge is -2.17. The second kappa shape index (κ2) is 6.28. The van der Waals surface area contributed by atoms with Crippen molar-refractivity contribution in [3.8, 4) is 0 Å². The molecule has 1 N–H and O–H groups in total. The number of benzene rings is 1. The van der Waals surface area contributed by atoms with Crippen molar-refractivity contribution in [2.75, 3.05) is 18.0 Å². The predicted octanol–water partition coefficient (Wildman–Crippen LogP) is 2.64. The molecule has 0 bridgehead atoms. The molecular formula is C19H18N4O. The van der Waals surface area contributed by atoms with Crippen molar-refractivity contribution in [2.24, 2.45) is 0 Å². The Morgan fingerprint density at radius 1 is 1.08 bits per heavy atom. The molecule has 1 aromatic carbocycles. The summed E-state index contributed by atoms with van der Waals surface area (Å²) in [5.74, 6) is 0.840. The van der Waals surface area contributed by atoms with Crippen LogP contribution in [0.5, 0.6) is 0 Å². The lowest BCUT2D eigenvalue weighted by Crippen LogP contribution is -2.37. The summed E-state index contributed by atoms with van der Waals surface area (Å²) in [6.07, 6.45) is 2.70. The Kier molecular flexibility index (Phi) is 3.83. The number of nitrogens with one attached hydrogen (secondary N) is 1. The molecule has 0 aliphatic carbocycles. The number of pyridine rings is 2. The number of hydrogen-bond acceptors (Lipinski definition) is 4. The summed E-state index contributed by atoms with van der Waals surface area (Å²) in [6, 6.07) is 17.5. The number of fused-ring (bicyclic) bond motifs is 1. The number of carbonyl (C=O) groups is 1. The van der Waals surface area contributed by atoms with Crippen LogP contribution in [0.15, 0.2) is 60.8 Å². The van der Waals surface area contributed by atoms with E-state index in [9.17, 15) is 4.79 Å². The molecule has 1 amide bonds. The van der Waals surface area contributed by atoms with Gasteiger partial charge in [0, 0.05) is 30.7 Å². The van der Waals surface area contributed by atoms with Crippen LogP contribution in [0.4, 0.5) is 5.82 Å². The van der Waals surface area contributed by atoms with E-state index in [1.807, 2.05) is 48.5 Å². The molecule has 3 aromatic rings. The Morgan fingerprint density at radius 2 is 1.96 bits per heavy atom. The fourth-order valence-corrected chi connectivity index (χ4v) is 3.08. The monoisotopic (exact) mass is 318 g/mol. The van der Waals surface area contributed by atoms with Gasteiger partial charge in [0.1, 0.15) is 11.5 Å². The van der Waals surface area contributed by atoms with Crippen LogP contribution in [0.25, 0.3) is 10.9 Å². The van der Waals surface area contributed by atoms with E-state index in [4.69, 9.17) is 0 Å². The molecule has 5 nitrogen and oxygen atoms in total. The van der Waals surface area contributed by atoms with Gasteiger partial charge in [-0.3, -0.25) is 4.79 Å². The minimum absolute atomic E-state index is 0.117. The lowest BCUT2D eigenvalue weighted by molar-refractivity contribution is 0.0935. The number of aromatic nitrogens is 2. The van der Waals surface area contributed by atoms with E-state index >= 15 is 0 Å². The van der Waals surface area contributed by atoms with Gasteiger partial charge in [0.25, 0.3) is 5.91 Å². The summed E-state index contributed by atoms with van der Waals surface area (Å²) in [6.45, 7) is 1.67. The zero-order chi connectivity index (χ0) is 16.4. The van der Waals surface area contributed by atoms with Crippen LogP contribution >= 0.6 is 0 Å². The molecule has 0 radical (unpaired) electrons. The predicted molar refractivity (Wildman–Crippen MR) is 94.1 cm³/mol. The zero-order valence-electron chi connectivity index (χ0n) is 13.2. The van der Waals surface area contributed by atoms with Gasteiger partial charge >= 0.3 is 0 Å². The molecule has 1 fully saturated rings. The summed E-state index contributed by atoms with van der Waals surface area (Å²) in [5, 5.41) is 4.13. The highest BCUT2D eigenvalue weighted by atomic mass is 16.1. The van der Waals surface area contributed by atoms with Crippen LogP contribution in [-0.4, -0.2) is 35.0 Å². The summed E-state index contributed by atoms with van der Waals surface area (Å²) >= 11 is 0. The van der Waals surface area contributed by atoms with E-state index in [1.54, 1.807) is 12.3 Å². The first-order chi connectivity index (χ1) is 11.8. The average Bonchev–Trinajstić information content (AvgIpc) is 3.10. The van der Waals surface area contributed by atoms with Crippen LogP contribution in [0, 0.1) is 0 Å². The molecule has 1 saturated heterocycles. The van der Waals surface area contributed by atoms with Gasteiger partial charge < -0.3 is 10.2 Å². The molecule has 3 heterocycles. The van der Waals surface area contributed by atoms with Crippen molar-refractivity contribution < 1.29 is 4.79 Å². The van der Waals surface area contributed by atoms with E-state index in [1.165, 1.54) is 0 Å². The Morgan fingerprint density at radius 3 is 2.83 bits per heavy atom. The SMILES string of the molecule is O=C(NC1CCN(c2ccccn2)C1)c1ccc2ccccc2n1. The summed E-state index contributed by atoms with van der Waals surface area (Å²) in [5.41, 5.74) is 1.30. The number of hydrogen-bond donors (Lipinski definition) is 1. The van der Waals surface area contributed by atoms with Crippen LogP contribution in [-0.2, 0) is 0 Å². The Balaban J connectivity index is 1.44. The Labute approximate surface area is 140 Å². The third-order valence-electron chi connectivity index (χ3n) is 4.33. The van der Waals surface area contributed by atoms with E-state index in [0.29, 0.717) is 5.69 Å². The van der Waals surface area contributed by atoms with E-state index in [0.717, 1.165) is 36.2 Å². The minimum atomic E-state index is -0.117. The number of para-hydroxylation sites is 1. The van der Waals surface area contributed by atoms with Gasteiger partial charge in [-0.25, -0.2) is 9.97 Å². The molecule has 2 aromatic heterocycles. The fourth-order valence-electron chi connectivity index (χ4n) is 3.08. The summed E-state index contributed by atoms with van der Waals surface area (Å²) in [4.78, 5) is 23.5. The molecular weight excluding hydrogens is 300 g/mol. The third-order valence-corrected chi connectivity index (χ3v) is 4.33. The fraction of sp³-hybridized carbons (Fsp3) is 0.211. The third kappa shape index (κ3) is 2.93. The van der Waals surface area contributed by atoms with E-state index in [2.05, 4.69) is 20.2 Å². The summed E-state index contributed by atoms with van der Waals surface area (Å²) < 4.78 is 0. The number of carbonyl (C=O) groups excluding carboxylic acids is 1. The first kappa shape index (κ1) is 14.6. The smallest absolute Gasteiger partial charge is 0.270 e. The molecule has 120 valence electrons. The Hall–Kier alpha value is -2.95. The van der Waals surface area contributed by atoms with Gasteiger partial charge in [-0.15, -0.1) is 0 Å².